The monoisotopic (exact) mass is 258 g/mol. The van der Waals surface area contributed by atoms with Crippen molar-refractivity contribution in [2.45, 2.75) is 33.1 Å². The van der Waals surface area contributed by atoms with Gasteiger partial charge in [0.05, 0.1) is 5.69 Å². The molecular weight excluding hydrogens is 240 g/mol. The molecule has 0 unspecified atom stereocenters. The Kier molecular flexibility index (Phi) is 3.18. The number of H-pyrrole nitrogens is 1. The topological polar surface area (TPSA) is 66.0 Å². The highest BCUT2D eigenvalue weighted by Crippen LogP contribution is 2.27. The van der Waals surface area contributed by atoms with Gasteiger partial charge in [-0.3, -0.25) is 4.79 Å². The van der Waals surface area contributed by atoms with Crippen LogP contribution >= 0.6 is 0 Å². The molecule has 4 nitrogen and oxygen atoms in total. The van der Waals surface area contributed by atoms with Crippen LogP contribution in [-0.4, -0.2) is 21.0 Å². The number of rotatable bonds is 3. The van der Waals surface area contributed by atoms with E-state index in [2.05, 4.69) is 9.97 Å². The Morgan fingerprint density at radius 1 is 1.21 bits per heavy atom. The van der Waals surface area contributed by atoms with Crippen LogP contribution in [0.25, 0.3) is 11.3 Å². The van der Waals surface area contributed by atoms with Crippen molar-refractivity contribution in [2.75, 3.05) is 0 Å². The van der Waals surface area contributed by atoms with Gasteiger partial charge in [0, 0.05) is 11.3 Å². The third-order valence-electron chi connectivity index (χ3n) is 3.34. The molecule has 0 aliphatic heterocycles. The lowest BCUT2D eigenvalue weighted by Gasteiger charge is -2.15. The number of aromatic nitrogens is 2. The number of nitrogens with zero attached hydrogens (tertiary/aromatic N) is 1. The minimum Gasteiger partial charge on any atom is -0.481 e. The first kappa shape index (κ1) is 13.3. The van der Waals surface area contributed by atoms with Crippen LogP contribution in [0.2, 0.25) is 0 Å². The summed E-state index contributed by atoms with van der Waals surface area (Å²) < 4.78 is 0. The minimum atomic E-state index is -1.02. The number of aryl methyl sites for hydroxylation is 2. The Morgan fingerprint density at radius 3 is 2.32 bits per heavy atom. The Bertz CT molecular complexity index is 610. The lowest BCUT2D eigenvalue weighted by atomic mass is 9.93. The van der Waals surface area contributed by atoms with Crippen molar-refractivity contribution < 1.29 is 9.90 Å². The molecule has 2 aromatic rings. The Balaban J connectivity index is 2.47. The fourth-order valence-corrected chi connectivity index (χ4v) is 1.85. The molecule has 0 radical (unpaired) electrons. The van der Waals surface area contributed by atoms with Crippen molar-refractivity contribution in [1.29, 1.82) is 0 Å². The average Bonchev–Trinajstić information content (AvgIpc) is 2.73. The van der Waals surface area contributed by atoms with Gasteiger partial charge in [0.25, 0.3) is 0 Å². The molecule has 0 fully saturated rings. The highest BCUT2D eigenvalue weighted by Gasteiger charge is 2.33. The standard InChI is InChI=1S/C15H18N2O2/c1-9-5-7-11(8-6-9)12-10(2)16-13(17-12)15(3,4)14(18)19/h5-8H,1-4H3,(H,16,17)(H,18,19). The van der Waals surface area contributed by atoms with E-state index in [4.69, 9.17) is 0 Å². The van der Waals surface area contributed by atoms with Crippen molar-refractivity contribution >= 4 is 5.97 Å². The molecule has 2 N–H and O–H groups in total. The van der Waals surface area contributed by atoms with E-state index in [9.17, 15) is 9.90 Å². The molecule has 0 saturated carbocycles. The predicted octanol–water partition coefficient (Wildman–Crippen LogP) is 3.06. The molecular formula is C15H18N2O2. The molecule has 1 heterocycles. The molecule has 19 heavy (non-hydrogen) atoms. The molecule has 1 aromatic carbocycles. The van der Waals surface area contributed by atoms with Crippen molar-refractivity contribution in [3.05, 3.63) is 41.3 Å². The van der Waals surface area contributed by atoms with Gasteiger partial charge in [0.2, 0.25) is 0 Å². The lowest BCUT2D eigenvalue weighted by Crippen LogP contribution is -2.29. The third-order valence-corrected chi connectivity index (χ3v) is 3.34. The van der Waals surface area contributed by atoms with E-state index < -0.39 is 11.4 Å². The van der Waals surface area contributed by atoms with Crippen LogP contribution in [0.15, 0.2) is 24.3 Å². The summed E-state index contributed by atoms with van der Waals surface area (Å²) in [5.74, 6) is -0.412. The Morgan fingerprint density at radius 2 is 1.79 bits per heavy atom. The second-order valence-corrected chi connectivity index (χ2v) is 5.36. The molecule has 0 amide bonds. The van der Waals surface area contributed by atoms with Crippen molar-refractivity contribution in [1.82, 2.24) is 9.97 Å². The van der Waals surface area contributed by atoms with Crippen molar-refractivity contribution in [3.63, 3.8) is 0 Å². The van der Waals surface area contributed by atoms with Crippen molar-refractivity contribution in [2.24, 2.45) is 0 Å². The maximum Gasteiger partial charge on any atom is 0.316 e. The van der Waals surface area contributed by atoms with E-state index in [1.54, 1.807) is 13.8 Å². The maximum absolute atomic E-state index is 11.3. The van der Waals surface area contributed by atoms with E-state index in [1.165, 1.54) is 5.56 Å². The summed E-state index contributed by atoms with van der Waals surface area (Å²) in [5, 5.41) is 9.24. The summed E-state index contributed by atoms with van der Waals surface area (Å²) in [5.41, 5.74) is 2.85. The summed E-state index contributed by atoms with van der Waals surface area (Å²) >= 11 is 0. The van der Waals surface area contributed by atoms with E-state index >= 15 is 0 Å². The van der Waals surface area contributed by atoms with Gasteiger partial charge < -0.3 is 10.1 Å². The zero-order valence-electron chi connectivity index (χ0n) is 11.6. The Hall–Kier alpha value is -2.10. The smallest absolute Gasteiger partial charge is 0.316 e. The summed E-state index contributed by atoms with van der Waals surface area (Å²) in [6.07, 6.45) is 0. The zero-order chi connectivity index (χ0) is 14.2. The molecule has 4 heteroatoms. The summed E-state index contributed by atoms with van der Waals surface area (Å²) in [7, 11) is 0. The SMILES string of the molecule is Cc1ccc(-c2nc(C(C)(C)C(=O)O)[nH]c2C)cc1. The number of imidazole rings is 1. The second kappa shape index (κ2) is 4.53. The summed E-state index contributed by atoms with van der Waals surface area (Å²) in [4.78, 5) is 18.8. The van der Waals surface area contributed by atoms with Crippen LogP contribution in [-0.2, 0) is 10.2 Å². The number of aromatic amines is 1. The normalized spacial score (nSPS) is 11.6. The van der Waals surface area contributed by atoms with Gasteiger partial charge in [-0.2, -0.15) is 0 Å². The Labute approximate surface area is 112 Å². The maximum atomic E-state index is 11.3. The number of benzene rings is 1. The third kappa shape index (κ3) is 2.38. The fourth-order valence-electron chi connectivity index (χ4n) is 1.85. The first-order valence-corrected chi connectivity index (χ1v) is 6.20. The van der Waals surface area contributed by atoms with Crippen LogP contribution in [0.4, 0.5) is 0 Å². The molecule has 0 aliphatic rings. The van der Waals surface area contributed by atoms with Gasteiger partial charge in [-0.05, 0) is 27.7 Å². The highest BCUT2D eigenvalue weighted by molar-refractivity contribution is 5.79. The second-order valence-electron chi connectivity index (χ2n) is 5.36. The molecule has 0 spiro atoms. The molecule has 0 saturated heterocycles. The fraction of sp³-hybridized carbons (Fsp3) is 0.333. The lowest BCUT2D eigenvalue weighted by molar-refractivity contribution is -0.142. The minimum absolute atomic E-state index is 0.480. The first-order valence-electron chi connectivity index (χ1n) is 6.20. The van der Waals surface area contributed by atoms with Crippen LogP contribution in [0, 0.1) is 13.8 Å². The first-order chi connectivity index (χ1) is 8.82. The number of carboxylic acids is 1. The number of carboxylic acid groups (broad SMARTS) is 1. The average molecular weight is 258 g/mol. The number of carbonyl (C=O) groups is 1. The highest BCUT2D eigenvalue weighted by atomic mass is 16.4. The molecule has 0 bridgehead atoms. The van der Waals surface area contributed by atoms with Crippen LogP contribution in [0.5, 0.6) is 0 Å². The van der Waals surface area contributed by atoms with Gasteiger partial charge in [-0.25, -0.2) is 4.98 Å². The van der Waals surface area contributed by atoms with Gasteiger partial charge >= 0.3 is 5.97 Å². The van der Waals surface area contributed by atoms with E-state index in [-0.39, 0.29) is 0 Å². The molecule has 0 atom stereocenters. The quantitative estimate of drug-likeness (QED) is 0.889. The van der Waals surface area contributed by atoms with Gasteiger partial charge in [-0.15, -0.1) is 0 Å². The van der Waals surface area contributed by atoms with Gasteiger partial charge in [0.15, 0.2) is 0 Å². The van der Waals surface area contributed by atoms with E-state index in [0.29, 0.717) is 5.82 Å². The molecule has 1 aromatic heterocycles. The molecule has 100 valence electrons. The van der Waals surface area contributed by atoms with Crippen LogP contribution in [0.3, 0.4) is 0 Å². The van der Waals surface area contributed by atoms with Crippen LogP contribution < -0.4 is 0 Å². The van der Waals surface area contributed by atoms with Crippen molar-refractivity contribution in [3.8, 4) is 11.3 Å². The van der Waals surface area contributed by atoms with E-state index in [1.807, 2.05) is 38.1 Å². The largest absolute Gasteiger partial charge is 0.481 e. The summed E-state index contributed by atoms with van der Waals surface area (Å²) in [6.45, 7) is 7.23. The predicted molar refractivity (Wildman–Crippen MR) is 74.2 cm³/mol. The molecule has 0 aliphatic carbocycles. The van der Waals surface area contributed by atoms with Gasteiger partial charge in [-0.1, -0.05) is 29.8 Å². The number of nitrogens with one attached hydrogen (secondary N) is 1. The number of hydrogen-bond donors (Lipinski definition) is 2. The number of hydrogen-bond acceptors (Lipinski definition) is 2. The summed E-state index contributed by atoms with van der Waals surface area (Å²) in [6, 6.07) is 8.03. The molecule has 2 rings (SSSR count). The van der Waals surface area contributed by atoms with Crippen LogP contribution in [0.1, 0.15) is 30.9 Å². The number of aliphatic carboxylic acids is 1. The van der Waals surface area contributed by atoms with Gasteiger partial charge in [0.1, 0.15) is 11.2 Å². The zero-order valence-corrected chi connectivity index (χ0v) is 11.6. The van der Waals surface area contributed by atoms with E-state index in [0.717, 1.165) is 17.0 Å².